The van der Waals surface area contributed by atoms with Crippen molar-refractivity contribution in [1.82, 2.24) is 15.5 Å². The van der Waals surface area contributed by atoms with E-state index in [0.29, 0.717) is 25.8 Å². The maximum atomic E-state index is 14.0. The second kappa shape index (κ2) is 9.30. The van der Waals surface area contributed by atoms with Gasteiger partial charge in [0.2, 0.25) is 17.7 Å². The van der Waals surface area contributed by atoms with Gasteiger partial charge in [0.25, 0.3) is 0 Å². The first-order chi connectivity index (χ1) is 16.1. The van der Waals surface area contributed by atoms with Crippen molar-refractivity contribution in [1.29, 1.82) is 0 Å². The van der Waals surface area contributed by atoms with Crippen LogP contribution in [-0.2, 0) is 25.5 Å². The molecule has 186 valence electrons. The number of likely N-dealkylation sites (tertiary alicyclic amines) is 1. The molecule has 0 radical (unpaired) electrons. The van der Waals surface area contributed by atoms with E-state index >= 15 is 0 Å². The molecule has 0 saturated carbocycles. The van der Waals surface area contributed by atoms with E-state index < -0.39 is 35.1 Å². The molecule has 8 heteroatoms. The Morgan fingerprint density at radius 2 is 1.94 bits per heavy atom. The van der Waals surface area contributed by atoms with Gasteiger partial charge in [0.05, 0.1) is 30.6 Å². The van der Waals surface area contributed by atoms with Crippen LogP contribution in [0.4, 0.5) is 0 Å². The van der Waals surface area contributed by atoms with Crippen LogP contribution in [0.1, 0.15) is 52.5 Å². The minimum Gasteiger partial charge on any atom is -0.394 e. The topological polar surface area (TPSA) is 108 Å². The normalized spacial score (nSPS) is 30.9. The number of hydrogen-bond donors (Lipinski definition) is 3. The number of aliphatic hydroxyl groups excluding tert-OH is 1. The number of ether oxygens (including phenoxy) is 1. The first-order valence-electron chi connectivity index (χ1n) is 12.4. The lowest BCUT2D eigenvalue weighted by Gasteiger charge is -2.38. The highest BCUT2D eigenvalue weighted by Gasteiger charge is 2.75. The maximum absolute atomic E-state index is 14.0. The third-order valence-electron chi connectivity index (χ3n) is 7.25. The zero-order chi connectivity index (χ0) is 24.7. The van der Waals surface area contributed by atoms with Crippen molar-refractivity contribution in [3.05, 3.63) is 35.9 Å². The summed E-state index contributed by atoms with van der Waals surface area (Å²) in [4.78, 5) is 42.3. The van der Waals surface area contributed by atoms with Gasteiger partial charge in [-0.15, -0.1) is 0 Å². The van der Waals surface area contributed by atoms with E-state index in [1.165, 1.54) is 4.90 Å². The molecule has 3 amide bonds. The largest absolute Gasteiger partial charge is 0.394 e. The Hall–Kier alpha value is -2.45. The van der Waals surface area contributed by atoms with E-state index in [0.717, 1.165) is 12.0 Å². The molecule has 0 aliphatic carbocycles. The van der Waals surface area contributed by atoms with Crippen LogP contribution in [0.25, 0.3) is 0 Å². The number of nitrogens with one attached hydrogen (secondary N) is 2. The van der Waals surface area contributed by atoms with Crippen LogP contribution in [0.5, 0.6) is 0 Å². The molecule has 3 N–H and O–H groups in total. The van der Waals surface area contributed by atoms with Gasteiger partial charge in [0.15, 0.2) is 0 Å². The second-order valence-electron chi connectivity index (χ2n) is 10.9. The molecule has 6 atom stereocenters. The van der Waals surface area contributed by atoms with Gasteiger partial charge in [-0.1, -0.05) is 37.3 Å². The van der Waals surface area contributed by atoms with Gasteiger partial charge < -0.3 is 25.4 Å². The average Bonchev–Trinajstić information content (AvgIpc) is 3.42. The summed E-state index contributed by atoms with van der Waals surface area (Å²) in [6.45, 7) is 7.89. The SMILES string of the molecule is CCCNC(=O)[C@@H]1[C@H]2C(=O)N([C@@H](CO)Cc3ccccc3)C(C(=O)NC(C)(C)C)C23CC[C@H]1O3. The standard InChI is InChI=1S/C26H37N3O5/c1-5-13-27-22(31)19-18-11-12-26(34-18)20(19)24(33)29(21(26)23(32)28-25(2,3)4)17(15-30)14-16-9-7-6-8-10-16/h6-10,17-21,30H,5,11-15H2,1-4H3,(H,27,31)(H,28,32)/t17-,18-,19+,20+,21?,26?/m1/s1. The van der Waals surface area contributed by atoms with Gasteiger partial charge in [0, 0.05) is 12.1 Å². The monoisotopic (exact) mass is 471 g/mol. The van der Waals surface area contributed by atoms with Crippen LogP contribution >= 0.6 is 0 Å². The number of nitrogens with zero attached hydrogens (tertiary/aromatic N) is 1. The molecule has 1 aromatic carbocycles. The molecule has 3 fully saturated rings. The fourth-order valence-corrected chi connectivity index (χ4v) is 6.03. The third-order valence-corrected chi connectivity index (χ3v) is 7.25. The summed E-state index contributed by atoms with van der Waals surface area (Å²) in [5, 5.41) is 16.3. The number of carbonyl (C=O) groups is 3. The Kier molecular flexibility index (Phi) is 6.75. The van der Waals surface area contributed by atoms with E-state index in [4.69, 9.17) is 4.74 Å². The van der Waals surface area contributed by atoms with Crippen molar-refractivity contribution in [2.75, 3.05) is 13.2 Å². The van der Waals surface area contributed by atoms with Crippen LogP contribution in [0.15, 0.2) is 30.3 Å². The fraction of sp³-hybridized carbons (Fsp3) is 0.654. The second-order valence-corrected chi connectivity index (χ2v) is 10.9. The molecule has 3 aliphatic heterocycles. The molecule has 4 rings (SSSR count). The smallest absolute Gasteiger partial charge is 0.246 e. The average molecular weight is 472 g/mol. The van der Waals surface area contributed by atoms with Crippen LogP contribution in [0.2, 0.25) is 0 Å². The van der Waals surface area contributed by atoms with E-state index in [-0.39, 0.29) is 30.4 Å². The van der Waals surface area contributed by atoms with Crippen molar-refractivity contribution in [3.8, 4) is 0 Å². The van der Waals surface area contributed by atoms with Gasteiger partial charge in [0.1, 0.15) is 11.6 Å². The zero-order valence-corrected chi connectivity index (χ0v) is 20.5. The highest BCUT2D eigenvalue weighted by molar-refractivity contribution is 5.99. The van der Waals surface area contributed by atoms with E-state index in [2.05, 4.69) is 10.6 Å². The predicted octanol–water partition coefficient (Wildman–Crippen LogP) is 1.41. The van der Waals surface area contributed by atoms with Crippen LogP contribution in [-0.4, -0.2) is 70.2 Å². The third kappa shape index (κ3) is 4.22. The predicted molar refractivity (Wildman–Crippen MR) is 127 cm³/mol. The Balaban J connectivity index is 1.73. The summed E-state index contributed by atoms with van der Waals surface area (Å²) in [7, 11) is 0. The number of hydrogen-bond acceptors (Lipinski definition) is 5. The van der Waals surface area contributed by atoms with Crippen molar-refractivity contribution < 1.29 is 24.2 Å². The van der Waals surface area contributed by atoms with E-state index in [9.17, 15) is 19.5 Å². The van der Waals surface area contributed by atoms with Gasteiger partial charge in [-0.2, -0.15) is 0 Å². The number of benzene rings is 1. The highest BCUT2D eigenvalue weighted by atomic mass is 16.5. The molecular formula is C26H37N3O5. The number of rotatable bonds is 8. The van der Waals surface area contributed by atoms with Crippen molar-refractivity contribution in [2.45, 2.75) is 82.7 Å². The Bertz CT molecular complexity index is 930. The first kappa shape index (κ1) is 24.7. The number of fused-ring (bicyclic) bond motifs is 1. The van der Waals surface area contributed by atoms with Crippen LogP contribution in [0, 0.1) is 11.8 Å². The summed E-state index contributed by atoms with van der Waals surface area (Å²) in [5.41, 5.74) is -0.611. The van der Waals surface area contributed by atoms with E-state index in [1.54, 1.807) is 0 Å². The minimum absolute atomic E-state index is 0.188. The lowest BCUT2D eigenvalue weighted by atomic mass is 9.70. The molecule has 8 nitrogen and oxygen atoms in total. The maximum Gasteiger partial charge on any atom is 0.246 e. The summed E-state index contributed by atoms with van der Waals surface area (Å²) in [6, 6.07) is 8.10. The Morgan fingerprint density at radius 3 is 2.56 bits per heavy atom. The molecule has 3 saturated heterocycles. The summed E-state index contributed by atoms with van der Waals surface area (Å²) in [6.07, 6.45) is 1.98. The molecule has 3 heterocycles. The van der Waals surface area contributed by atoms with Gasteiger partial charge >= 0.3 is 0 Å². The zero-order valence-electron chi connectivity index (χ0n) is 20.5. The molecule has 34 heavy (non-hydrogen) atoms. The van der Waals surface area contributed by atoms with Gasteiger partial charge in [-0.25, -0.2) is 0 Å². The molecular weight excluding hydrogens is 434 g/mol. The number of aliphatic hydroxyl groups is 1. The van der Waals surface area contributed by atoms with Crippen molar-refractivity contribution >= 4 is 17.7 Å². The highest BCUT2D eigenvalue weighted by Crippen LogP contribution is 2.58. The summed E-state index contributed by atoms with van der Waals surface area (Å²) in [5.74, 6) is -2.12. The van der Waals surface area contributed by atoms with Crippen molar-refractivity contribution in [3.63, 3.8) is 0 Å². The fourth-order valence-electron chi connectivity index (χ4n) is 6.03. The Labute approximate surface area is 201 Å². The van der Waals surface area contributed by atoms with Crippen LogP contribution < -0.4 is 10.6 Å². The van der Waals surface area contributed by atoms with Gasteiger partial charge in [-0.05, 0) is 52.0 Å². The first-order valence-corrected chi connectivity index (χ1v) is 12.4. The van der Waals surface area contributed by atoms with Crippen LogP contribution in [0.3, 0.4) is 0 Å². The molecule has 0 aromatic heterocycles. The number of carbonyl (C=O) groups excluding carboxylic acids is 3. The number of amides is 3. The lowest BCUT2D eigenvalue weighted by Crippen LogP contribution is -2.60. The molecule has 1 spiro atoms. The van der Waals surface area contributed by atoms with E-state index in [1.807, 2.05) is 58.0 Å². The molecule has 3 aliphatic rings. The lowest BCUT2D eigenvalue weighted by molar-refractivity contribution is -0.146. The molecule has 1 aromatic rings. The summed E-state index contributed by atoms with van der Waals surface area (Å²) < 4.78 is 6.43. The quantitative estimate of drug-likeness (QED) is 0.531. The summed E-state index contributed by atoms with van der Waals surface area (Å²) >= 11 is 0. The minimum atomic E-state index is -1.06. The van der Waals surface area contributed by atoms with Crippen molar-refractivity contribution in [2.24, 2.45) is 11.8 Å². The molecule has 2 unspecified atom stereocenters. The molecule has 2 bridgehead atoms. The Morgan fingerprint density at radius 1 is 1.24 bits per heavy atom. The van der Waals surface area contributed by atoms with Gasteiger partial charge in [-0.3, -0.25) is 14.4 Å².